The van der Waals surface area contributed by atoms with Crippen LogP contribution in [0.3, 0.4) is 0 Å². The second kappa shape index (κ2) is 6.07. The van der Waals surface area contributed by atoms with Gasteiger partial charge in [-0.05, 0) is 31.5 Å². The number of carboxylic acid groups (broad SMARTS) is 1. The number of aliphatic carboxylic acids is 1. The van der Waals surface area contributed by atoms with Gasteiger partial charge in [0.05, 0.1) is 0 Å². The second-order valence-corrected chi connectivity index (χ2v) is 5.32. The molecule has 1 saturated heterocycles. The van der Waals surface area contributed by atoms with Gasteiger partial charge in [0, 0.05) is 12.1 Å². The Hall–Kier alpha value is -2.90. The van der Waals surface area contributed by atoms with Crippen LogP contribution in [0.4, 0.5) is 4.79 Å². The van der Waals surface area contributed by atoms with Crippen LogP contribution in [0.1, 0.15) is 29.8 Å². The Kier molecular flexibility index (Phi) is 4.35. The topological polar surface area (TPSA) is 116 Å². The van der Waals surface area contributed by atoms with Gasteiger partial charge in [0.1, 0.15) is 12.1 Å². The van der Waals surface area contributed by atoms with Crippen molar-refractivity contribution in [2.24, 2.45) is 0 Å². The maximum atomic E-state index is 12.3. The van der Waals surface area contributed by atoms with Gasteiger partial charge in [-0.3, -0.25) is 19.7 Å². The number of urea groups is 1. The number of nitrogens with zero attached hydrogens (tertiary/aromatic N) is 1. The largest absolute Gasteiger partial charge is 0.480 e. The summed E-state index contributed by atoms with van der Waals surface area (Å²) in [4.78, 5) is 47.4. The fourth-order valence-corrected chi connectivity index (χ4v) is 2.37. The fraction of sp³-hybridized carbons (Fsp3) is 0.333. The van der Waals surface area contributed by atoms with Crippen LogP contribution in [0.5, 0.6) is 0 Å². The van der Waals surface area contributed by atoms with Crippen molar-refractivity contribution >= 4 is 23.8 Å². The third-order valence-electron chi connectivity index (χ3n) is 3.75. The van der Waals surface area contributed by atoms with Crippen molar-refractivity contribution in [1.82, 2.24) is 15.5 Å². The van der Waals surface area contributed by atoms with Crippen LogP contribution >= 0.6 is 0 Å². The normalized spacial score (nSPS) is 19.9. The van der Waals surface area contributed by atoms with E-state index in [-0.39, 0.29) is 13.1 Å². The standard InChI is InChI=1S/C15H17N3O5/c1-3-18(8-11(19)20)12(21)9-4-6-10(7-5-9)15(2)13(22)16-14(23)17-15/h4-7H,3,8H2,1-2H3,(H,19,20)(H2,16,17,22,23). The Bertz CT molecular complexity index is 670. The van der Waals surface area contributed by atoms with E-state index in [9.17, 15) is 19.2 Å². The zero-order valence-corrected chi connectivity index (χ0v) is 12.8. The Morgan fingerprint density at radius 2 is 1.83 bits per heavy atom. The van der Waals surface area contributed by atoms with Gasteiger partial charge >= 0.3 is 12.0 Å². The summed E-state index contributed by atoms with van der Waals surface area (Å²) in [7, 11) is 0. The summed E-state index contributed by atoms with van der Waals surface area (Å²) >= 11 is 0. The first-order valence-corrected chi connectivity index (χ1v) is 7.03. The predicted molar refractivity (Wildman–Crippen MR) is 79.7 cm³/mol. The van der Waals surface area contributed by atoms with E-state index in [0.717, 1.165) is 0 Å². The zero-order chi connectivity index (χ0) is 17.2. The average Bonchev–Trinajstić information content (AvgIpc) is 2.77. The van der Waals surface area contributed by atoms with E-state index in [1.807, 2.05) is 0 Å². The number of hydrogen-bond donors (Lipinski definition) is 3. The third-order valence-corrected chi connectivity index (χ3v) is 3.75. The highest BCUT2D eigenvalue weighted by atomic mass is 16.4. The molecule has 0 aliphatic carbocycles. The maximum Gasteiger partial charge on any atom is 0.323 e. The molecule has 122 valence electrons. The molecule has 1 aliphatic rings. The molecule has 2 rings (SSSR count). The summed E-state index contributed by atoms with van der Waals surface area (Å²) in [5.74, 6) is -1.97. The number of hydrogen-bond acceptors (Lipinski definition) is 4. The van der Waals surface area contributed by atoms with Crippen molar-refractivity contribution in [2.45, 2.75) is 19.4 Å². The fourth-order valence-electron chi connectivity index (χ4n) is 2.37. The summed E-state index contributed by atoms with van der Waals surface area (Å²) < 4.78 is 0. The Labute approximate surface area is 132 Å². The second-order valence-electron chi connectivity index (χ2n) is 5.32. The predicted octanol–water partition coefficient (Wildman–Crippen LogP) is 0.288. The van der Waals surface area contributed by atoms with Crippen molar-refractivity contribution < 1.29 is 24.3 Å². The van der Waals surface area contributed by atoms with Crippen LogP contribution in [-0.4, -0.2) is 46.9 Å². The van der Waals surface area contributed by atoms with Gasteiger partial charge < -0.3 is 15.3 Å². The zero-order valence-electron chi connectivity index (χ0n) is 12.8. The molecule has 1 fully saturated rings. The first kappa shape index (κ1) is 16.5. The molecular weight excluding hydrogens is 302 g/mol. The van der Waals surface area contributed by atoms with Gasteiger partial charge in [0.25, 0.3) is 11.8 Å². The van der Waals surface area contributed by atoms with Crippen LogP contribution in [0.15, 0.2) is 24.3 Å². The number of likely N-dealkylation sites (N-methyl/N-ethyl adjacent to an activating group) is 1. The van der Waals surface area contributed by atoms with E-state index in [2.05, 4.69) is 10.6 Å². The third kappa shape index (κ3) is 3.15. The highest BCUT2D eigenvalue weighted by molar-refractivity contribution is 6.07. The molecule has 0 aromatic heterocycles. The molecule has 1 atom stereocenters. The first-order chi connectivity index (χ1) is 10.8. The number of nitrogens with one attached hydrogen (secondary N) is 2. The van der Waals surface area contributed by atoms with Crippen LogP contribution in [0.2, 0.25) is 0 Å². The molecule has 1 aromatic rings. The molecule has 0 bridgehead atoms. The summed E-state index contributed by atoms with van der Waals surface area (Å²) in [5.41, 5.74) is -0.353. The van der Waals surface area contributed by atoms with E-state index >= 15 is 0 Å². The van der Waals surface area contributed by atoms with Crippen molar-refractivity contribution in [3.63, 3.8) is 0 Å². The monoisotopic (exact) mass is 319 g/mol. The first-order valence-electron chi connectivity index (χ1n) is 7.03. The van der Waals surface area contributed by atoms with Crippen LogP contribution in [-0.2, 0) is 15.1 Å². The average molecular weight is 319 g/mol. The maximum absolute atomic E-state index is 12.3. The Morgan fingerprint density at radius 3 is 2.26 bits per heavy atom. The minimum atomic E-state index is -1.19. The van der Waals surface area contributed by atoms with Gasteiger partial charge in [-0.2, -0.15) is 0 Å². The lowest BCUT2D eigenvalue weighted by Crippen LogP contribution is -2.40. The number of carboxylic acids is 1. The van der Waals surface area contributed by atoms with E-state index in [1.54, 1.807) is 26.0 Å². The Morgan fingerprint density at radius 1 is 1.22 bits per heavy atom. The van der Waals surface area contributed by atoms with E-state index in [1.165, 1.54) is 17.0 Å². The molecule has 1 unspecified atom stereocenters. The number of carbonyl (C=O) groups is 4. The molecule has 4 amide bonds. The molecule has 0 radical (unpaired) electrons. The molecule has 23 heavy (non-hydrogen) atoms. The molecule has 0 spiro atoms. The summed E-state index contributed by atoms with van der Waals surface area (Å²) in [5, 5.41) is 13.5. The van der Waals surface area contributed by atoms with Gasteiger partial charge in [0.2, 0.25) is 0 Å². The minimum Gasteiger partial charge on any atom is -0.480 e. The quantitative estimate of drug-likeness (QED) is 0.675. The summed E-state index contributed by atoms with van der Waals surface area (Å²) in [6.07, 6.45) is 0. The van der Waals surface area contributed by atoms with E-state index in [0.29, 0.717) is 11.1 Å². The van der Waals surface area contributed by atoms with E-state index in [4.69, 9.17) is 5.11 Å². The smallest absolute Gasteiger partial charge is 0.323 e. The Balaban J connectivity index is 2.22. The number of rotatable bonds is 5. The van der Waals surface area contributed by atoms with Crippen molar-refractivity contribution in [1.29, 1.82) is 0 Å². The highest BCUT2D eigenvalue weighted by Gasteiger charge is 2.43. The van der Waals surface area contributed by atoms with Crippen molar-refractivity contribution in [3.8, 4) is 0 Å². The molecule has 1 heterocycles. The molecule has 8 heteroatoms. The van der Waals surface area contributed by atoms with Crippen LogP contribution < -0.4 is 10.6 Å². The van der Waals surface area contributed by atoms with Crippen molar-refractivity contribution in [3.05, 3.63) is 35.4 Å². The summed E-state index contributed by atoms with van der Waals surface area (Å²) in [6.45, 7) is 3.14. The lowest BCUT2D eigenvalue weighted by molar-refractivity contribution is -0.137. The number of benzene rings is 1. The number of imide groups is 1. The lowest BCUT2D eigenvalue weighted by atomic mass is 9.91. The van der Waals surface area contributed by atoms with Crippen molar-refractivity contribution in [2.75, 3.05) is 13.1 Å². The minimum absolute atomic E-state index is 0.267. The van der Waals surface area contributed by atoms with Crippen LogP contribution in [0, 0.1) is 0 Å². The number of amides is 4. The molecule has 1 aromatic carbocycles. The lowest BCUT2D eigenvalue weighted by Gasteiger charge is -2.22. The molecule has 8 nitrogen and oxygen atoms in total. The van der Waals surface area contributed by atoms with Gasteiger partial charge in [-0.25, -0.2) is 4.79 Å². The van der Waals surface area contributed by atoms with Crippen LogP contribution in [0.25, 0.3) is 0 Å². The van der Waals surface area contributed by atoms with Gasteiger partial charge in [0.15, 0.2) is 0 Å². The van der Waals surface area contributed by atoms with E-state index < -0.39 is 29.4 Å². The summed E-state index contributed by atoms with van der Waals surface area (Å²) in [6, 6.07) is 5.56. The van der Waals surface area contributed by atoms with Gasteiger partial charge in [-0.1, -0.05) is 12.1 Å². The molecular formula is C15H17N3O5. The molecule has 1 aliphatic heterocycles. The molecule has 3 N–H and O–H groups in total. The van der Waals surface area contributed by atoms with Gasteiger partial charge in [-0.15, -0.1) is 0 Å². The molecule has 0 saturated carbocycles. The number of carbonyl (C=O) groups excluding carboxylic acids is 3. The SMILES string of the molecule is CCN(CC(=O)O)C(=O)c1ccc(C2(C)NC(=O)NC2=O)cc1. The highest BCUT2D eigenvalue weighted by Crippen LogP contribution is 2.24.